The van der Waals surface area contributed by atoms with Crippen molar-refractivity contribution in [3.63, 3.8) is 0 Å². The maximum atomic E-state index is 5.85. The third-order valence-corrected chi connectivity index (χ3v) is 3.15. The van der Waals surface area contributed by atoms with Gasteiger partial charge in [0.2, 0.25) is 5.88 Å². The maximum Gasteiger partial charge on any atom is 0.218 e. The van der Waals surface area contributed by atoms with Gasteiger partial charge in [-0.05, 0) is 33.6 Å². The van der Waals surface area contributed by atoms with Gasteiger partial charge in [-0.15, -0.1) is 11.6 Å². The third kappa shape index (κ3) is 4.33. The minimum Gasteiger partial charge on any atom is -0.478 e. The fraction of sp³-hybridized carbons (Fsp3) is 0.692. The van der Waals surface area contributed by atoms with Gasteiger partial charge in [-0.1, -0.05) is 6.92 Å². The Bertz CT molecular complexity index is 386. The van der Waals surface area contributed by atoms with Crippen LogP contribution in [0.15, 0.2) is 6.07 Å². The minimum atomic E-state index is -0.0496. The molecule has 0 amide bonds. The van der Waals surface area contributed by atoms with Crippen LogP contribution in [0.4, 0.5) is 5.82 Å². The molecule has 0 aliphatic heterocycles. The molecule has 0 radical (unpaired) electrons. The van der Waals surface area contributed by atoms with Crippen molar-refractivity contribution in [2.45, 2.75) is 46.1 Å². The lowest BCUT2D eigenvalue weighted by Crippen LogP contribution is -2.35. The summed E-state index contributed by atoms with van der Waals surface area (Å²) in [6, 6.07) is 1.83. The Labute approximate surface area is 114 Å². The van der Waals surface area contributed by atoms with Crippen LogP contribution in [-0.4, -0.2) is 28.0 Å². The van der Waals surface area contributed by atoms with Crippen LogP contribution >= 0.6 is 11.6 Å². The summed E-state index contributed by atoms with van der Waals surface area (Å²) in [7, 11) is 0. The van der Waals surface area contributed by atoms with E-state index in [9.17, 15) is 0 Å². The molecule has 1 unspecified atom stereocenters. The molecule has 0 bridgehead atoms. The van der Waals surface area contributed by atoms with E-state index in [0.29, 0.717) is 24.2 Å². The number of rotatable bonds is 7. The van der Waals surface area contributed by atoms with Gasteiger partial charge < -0.3 is 10.1 Å². The molecule has 1 heterocycles. The van der Waals surface area contributed by atoms with E-state index in [-0.39, 0.29) is 5.54 Å². The number of hydrogen-bond donors (Lipinski definition) is 1. The second-order valence-corrected chi connectivity index (χ2v) is 4.93. The molecular formula is C13H22ClN3O. The number of nitrogens with zero attached hydrogens (tertiary/aromatic N) is 2. The fourth-order valence-corrected chi connectivity index (χ4v) is 2.09. The summed E-state index contributed by atoms with van der Waals surface area (Å²) in [6.07, 6.45) is 1.87. The first-order valence-corrected chi connectivity index (χ1v) is 6.89. The highest BCUT2D eigenvalue weighted by atomic mass is 35.5. The molecule has 102 valence electrons. The molecule has 0 aliphatic carbocycles. The average Bonchev–Trinajstić information content (AvgIpc) is 2.28. The van der Waals surface area contributed by atoms with Crippen LogP contribution in [0, 0.1) is 6.92 Å². The van der Waals surface area contributed by atoms with Crippen LogP contribution in [0.1, 0.15) is 39.4 Å². The Morgan fingerprint density at radius 1 is 1.39 bits per heavy atom. The summed E-state index contributed by atoms with van der Waals surface area (Å²) < 4.78 is 5.42. The van der Waals surface area contributed by atoms with Crippen molar-refractivity contribution in [2.75, 3.05) is 17.8 Å². The first-order chi connectivity index (χ1) is 8.53. The van der Waals surface area contributed by atoms with Crippen LogP contribution in [0.3, 0.4) is 0 Å². The van der Waals surface area contributed by atoms with Gasteiger partial charge in [0.1, 0.15) is 11.6 Å². The number of nitrogens with one attached hydrogen (secondary N) is 1. The predicted molar refractivity (Wildman–Crippen MR) is 75.6 cm³/mol. The Morgan fingerprint density at radius 2 is 2.11 bits per heavy atom. The Hall–Kier alpha value is -1.03. The van der Waals surface area contributed by atoms with Crippen LogP contribution in [0.2, 0.25) is 0 Å². The lowest BCUT2D eigenvalue weighted by Gasteiger charge is -2.29. The van der Waals surface area contributed by atoms with Crippen molar-refractivity contribution in [3.8, 4) is 5.88 Å². The highest BCUT2D eigenvalue weighted by molar-refractivity contribution is 6.17. The molecule has 0 aliphatic rings. The number of ether oxygens (including phenoxy) is 1. The summed E-state index contributed by atoms with van der Waals surface area (Å²) in [5.74, 6) is 2.73. The standard InChI is InChI=1S/C13H22ClN3O/c1-5-13(4,7-8-14)17-11-9-12(18-6-2)16-10(3)15-11/h9H,5-8H2,1-4H3,(H,15,16,17). The van der Waals surface area contributed by atoms with Gasteiger partial charge in [-0.2, -0.15) is 4.98 Å². The maximum absolute atomic E-state index is 5.85. The minimum absolute atomic E-state index is 0.0496. The lowest BCUT2D eigenvalue weighted by atomic mass is 9.95. The normalized spacial score (nSPS) is 14.1. The lowest BCUT2D eigenvalue weighted by molar-refractivity contribution is 0.325. The first-order valence-electron chi connectivity index (χ1n) is 6.35. The Morgan fingerprint density at radius 3 is 2.67 bits per heavy atom. The van der Waals surface area contributed by atoms with E-state index >= 15 is 0 Å². The van der Waals surface area contributed by atoms with Gasteiger partial charge >= 0.3 is 0 Å². The average molecular weight is 272 g/mol. The molecule has 0 fully saturated rings. The van der Waals surface area contributed by atoms with Crippen molar-refractivity contribution in [1.29, 1.82) is 0 Å². The molecule has 1 N–H and O–H groups in total. The van der Waals surface area contributed by atoms with Crippen LogP contribution < -0.4 is 10.1 Å². The smallest absolute Gasteiger partial charge is 0.218 e. The molecule has 1 rings (SSSR count). The van der Waals surface area contributed by atoms with Crippen molar-refractivity contribution in [3.05, 3.63) is 11.9 Å². The van der Waals surface area contributed by atoms with Gasteiger partial charge in [0.15, 0.2) is 0 Å². The second kappa shape index (κ2) is 6.78. The molecule has 0 spiro atoms. The highest BCUT2D eigenvalue weighted by Gasteiger charge is 2.21. The second-order valence-electron chi connectivity index (χ2n) is 4.55. The number of alkyl halides is 1. The molecule has 5 heteroatoms. The third-order valence-electron chi connectivity index (χ3n) is 2.96. The number of halogens is 1. The van der Waals surface area contributed by atoms with Gasteiger partial charge in [0.05, 0.1) is 6.61 Å². The van der Waals surface area contributed by atoms with Crippen molar-refractivity contribution in [2.24, 2.45) is 0 Å². The number of aromatic nitrogens is 2. The van der Waals surface area contributed by atoms with E-state index in [0.717, 1.165) is 18.7 Å². The van der Waals surface area contributed by atoms with E-state index in [1.165, 1.54) is 0 Å². The van der Waals surface area contributed by atoms with E-state index in [1.807, 2.05) is 19.9 Å². The van der Waals surface area contributed by atoms with Crippen molar-refractivity contribution < 1.29 is 4.74 Å². The molecule has 1 aromatic heterocycles. The Kier molecular flexibility index (Phi) is 5.66. The zero-order valence-electron chi connectivity index (χ0n) is 11.6. The van der Waals surface area contributed by atoms with Crippen LogP contribution in [-0.2, 0) is 0 Å². The molecular weight excluding hydrogens is 250 g/mol. The highest BCUT2D eigenvalue weighted by Crippen LogP contribution is 2.23. The molecule has 1 aromatic rings. The van der Waals surface area contributed by atoms with Crippen LogP contribution in [0.5, 0.6) is 5.88 Å². The number of hydrogen-bond acceptors (Lipinski definition) is 4. The Balaban J connectivity index is 2.88. The number of aryl methyl sites for hydroxylation is 1. The summed E-state index contributed by atoms with van der Waals surface area (Å²) in [5.41, 5.74) is -0.0496. The molecule has 0 saturated carbocycles. The van der Waals surface area contributed by atoms with Crippen molar-refractivity contribution in [1.82, 2.24) is 9.97 Å². The zero-order valence-corrected chi connectivity index (χ0v) is 12.3. The van der Waals surface area contributed by atoms with Gasteiger partial charge in [-0.3, -0.25) is 0 Å². The monoisotopic (exact) mass is 271 g/mol. The quantitative estimate of drug-likeness (QED) is 0.772. The van der Waals surface area contributed by atoms with Crippen molar-refractivity contribution >= 4 is 17.4 Å². The molecule has 0 saturated heterocycles. The van der Waals surface area contributed by atoms with Gasteiger partial charge in [0.25, 0.3) is 0 Å². The summed E-state index contributed by atoms with van der Waals surface area (Å²) in [4.78, 5) is 8.61. The van der Waals surface area contributed by atoms with E-state index in [2.05, 4.69) is 29.1 Å². The molecule has 0 aromatic carbocycles. The largest absolute Gasteiger partial charge is 0.478 e. The zero-order chi connectivity index (χ0) is 13.6. The summed E-state index contributed by atoms with van der Waals surface area (Å²) in [6.45, 7) is 8.68. The number of anilines is 1. The first kappa shape index (κ1) is 15.0. The summed E-state index contributed by atoms with van der Waals surface area (Å²) >= 11 is 5.85. The summed E-state index contributed by atoms with van der Waals surface area (Å²) in [5, 5.41) is 3.43. The predicted octanol–water partition coefficient (Wildman–Crippen LogP) is 3.39. The SMILES string of the molecule is CCOc1cc(NC(C)(CC)CCCl)nc(C)n1. The molecule has 1 atom stereocenters. The van der Waals surface area contributed by atoms with E-state index < -0.39 is 0 Å². The molecule has 4 nitrogen and oxygen atoms in total. The molecule has 18 heavy (non-hydrogen) atoms. The topological polar surface area (TPSA) is 47.0 Å². The fourth-order valence-electron chi connectivity index (χ4n) is 1.67. The van der Waals surface area contributed by atoms with Crippen LogP contribution in [0.25, 0.3) is 0 Å². The van der Waals surface area contributed by atoms with Gasteiger partial charge in [-0.25, -0.2) is 4.98 Å². The van der Waals surface area contributed by atoms with E-state index in [1.54, 1.807) is 0 Å². The van der Waals surface area contributed by atoms with Gasteiger partial charge in [0, 0.05) is 17.5 Å². The van der Waals surface area contributed by atoms with E-state index in [4.69, 9.17) is 16.3 Å².